The van der Waals surface area contributed by atoms with Gasteiger partial charge in [0.15, 0.2) is 5.82 Å². The Balaban J connectivity index is 1.31. The summed E-state index contributed by atoms with van der Waals surface area (Å²) in [5.41, 5.74) is 15.3. The average molecular weight is 647 g/mol. The molecule has 0 bridgehead atoms. The van der Waals surface area contributed by atoms with Gasteiger partial charge in [-0.25, -0.2) is 13.9 Å². The van der Waals surface area contributed by atoms with Gasteiger partial charge in [0.25, 0.3) is 17.4 Å². The van der Waals surface area contributed by atoms with Crippen molar-refractivity contribution >= 4 is 40.3 Å². The van der Waals surface area contributed by atoms with Crippen molar-refractivity contribution in [2.45, 2.75) is 20.8 Å². The Labute approximate surface area is 273 Å². The third kappa shape index (κ3) is 5.73. The third-order valence-electron chi connectivity index (χ3n) is 8.01. The maximum Gasteiger partial charge on any atom is 0.268 e. The van der Waals surface area contributed by atoms with E-state index in [-0.39, 0.29) is 34.6 Å². The number of nitrogens with zero attached hydrogens (tertiary/aromatic N) is 5. The van der Waals surface area contributed by atoms with E-state index in [1.807, 2.05) is 32.1 Å². The summed E-state index contributed by atoms with van der Waals surface area (Å²) in [7, 11) is 0. The van der Waals surface area contributed by atoms with Crippen LogP contribution in [-0.2, 0) is 4.79 Å². The predicted molar refractivity (Wildman–Crippen MR) is 180 cm³/mol. The standard InChI is InChI=1S/C35H31FN8O4/c1-19(2)34(47)42-14-12-22(13-15-42)28-17-26(30-31(37)39-18-40-44(28)30)21-4-8-24(9-5-21)41-33(46)27-16-20(3)29(32(38)45)43(35(27)48)25-10-6-23(36)7-11-25/h4-14,16-19H,15H2,1-3H3,(H2,38,45)(H,41,46)(H2,37,39,40). The van der Waals surface area contributed by atoms with Crippen LogP contribution in [0.3, 0.4) is 0 Å². The number of hydrogen-bond donors (Lipinski definition) is 3. The summed E-state index contributed by atoms with van der Waals surface area (Å²) in [5, 5.41) is 7.17. The number of hydrogen-bond acceptors (Lipinski definition) is 7. The lowest BCUT2D eigenvalue weighted by atomic mass is 10.0. The normalized spacial score (nSPS) is 12.8. The zero-order valence-electron chi connectivity index (χ0n) is 26.3. The van der Waals surface area contributed by atoms with E-state index in [0.29, 0.717) is 23.3 Å². The minimum atomic E-state index is -0.872. The highest BCUT2D eigenvalue weighted by atomic mass is 19.1. The van der Waals surface area contributed by atoms with Gasteiger partial charge in [0.05, 0.1) is 5.69 Å². The number of nitrogens with two attached hydrogens (primary N) is 2. The van der Waals surface area contributed by atoms with Crippen molar-refractivity contribution in [1.29, 1.82) is 0 Å². The summed E-state index contributed by atoms with van der Waals surface area (Å²) >= 11 is 0. The topological polar surface area (TPSA) is 171 Å². The number of anilines is 2. The molecule has 0 radical (unpaired) electrons. The number of carbonyl (C=O) groups is 3. The first kappa shape index (κ1) is 31.6. The molecule has 0 unspecified atom stereocenters. The van der Waals surface area contributed by atoms with Gasteiger partial charge in [0, 0.05) is 35.6 Å². The van der Waals surface area contributed by atoms with E-state index in [1.165, 1.54) is 24.5 Å². The molecule has 5 aromatic rings. The monoisotopic (exact) mass is 646 g/mol. The van der Waals surface area contributed by atoms with Crippen LogP contribution < -0.4 is 22.3 Å². The summed E-state index contributed by atoms with van der Waals surface area (Å²) in [6.45, 7) is 5.68. The molecule has 3 amide bonds. The van der Waals surface area contributed by atoms with Crippen LogP contribution in [0.15, 0.2) is 90.1 Å². The number of pyridine rings is 1. The molecule has 0 saturated heterocycles. The van der Waals surface area contributed by atoms with Crippen LogP contribution in [0.2, 0.25) is 0 Å². The number of nitrogen functional groups attached to an aromatic ring is 1. The smallest absolute Gasteiger partial charge is 0.268 e. The van der Waals surface area contributed by atoms with E-state index in [4.69, 9.17) is 11.5 Å². The molecule has 0 aliphatic carbocycles. The summed E-state index contributed by atoms with van der Waals surface area (Å²) in [4.78, 5) is 57.5. The number of allylic oxidation sites excluding steroid dienone is 2. The second-order valence-electron chi connectivity index (χ2n) is 11.6. The van der Waals surface area contributed by atoms with Crippen molar-refractivity contribution in [1.82, 2.24) is 24.1 Å². The van der Waals surface area contributed by atoms with Crippen molar-refractivity contribution < 1.29 is 18.8 Å². The molecule has 6 rings (SSSR count). The molecule has 4 heterocycles. The maximum absolute atomic E-state index is 13.6. The molecule has 0 saturated carbocycles. The van der Waals surface area contributed by atoms with E-state index in [2.05, 4.69) is 15.4 Å². The minimum Gasteiger partial charge on any atom is -0.382 e. The molecule has 0 spiro atoms. The van der Waals surface area contributed by atoms with Crippen LogP contribution in [0.1, 0.15) is 46.0 Å². The van der Waals surface area contributed by atoms with Gasteiger partial charge in [-0.1, -0.05) is 32.1 Å². The van der Waals surface area contributed by atoms with Gasteiger partial charge >= 0.3 is 0 Å². The molecule has 13 heteroatoms. The van der Waals surface area contributed by atoms with Crippen LogP contribution in [0.25, 0.3) is 27.9 Å². The van der Waals surface area contributed by atoms with E-state index in [1.54, 1.807) is 46.8 Å². The number of carbonyl (C=O) groups excluding carboxylic acids is 3. The number of fused-ring (bicyclic) bond motifs is 1. The first-order chi connectivity index (χ1) is 22.9. The zero-order chi connectivity index (χ0) is 34.3. The molecule has 5 N–H and O–H groups in total. The highest BCUT2D eigenvalue weighted by Crippen LogP contribution is 2.34. The first-order valence-corrected chi connectivity index (χ1v) is 15.0. The zero-order valence-corrected chi connectivity index (χ0v) is 26.3. The Kier molecular flexibility index (Phi) is 8.19. The minimum absolute atomic E-state index is 0.0253. The largest absolute Gasteiger partial charge is 0.382 e. The third-order valence-corrected chi connectivity index (χ3v) is 8.01. The van der Waals surface area contributed by atoms with Gasteiger partial charge < -0.3 is 21.7 Å². The van der Waals surface area contributed by atoms with Crippen molar-refractivity contribution in [3.63, 3.8) is 0 Å². The molecule has 12 nitrogen and oxygen atoms in total. The van der Waals surface area contributed by atoms with Gasteiger partial charge in [-0.2, -0.15) is 5.10 Å². The molecule has 1 aliphatic rings. The molecular weight excluding hydrogens is 615 g/mol. The highest BCUT2D eigenvalue weighted by molar-refractivity contribution is 6.05. The Hall–Kier alpha value is -6.37. The van der Waals surface area contributed by atoms with E-state index in [0.717, 1.165) is 39.1 Å². The van der Waals surface area contributed by atoms with Crippen LogP contribution in [-0.4, -0.2) is 48.3 Å². The number of nitrogens with one attached hydrogen (secondary N) is 1. The number of benzene rings is 2. The second-order valence-corrected chi connectivity index (χ2v) is 11.6. The van der Waals surface area contributed by atoms with E-state index >= 15 is 0 Å². The molecule has 0 fully saturated rings. The Morgan fingerprint density at radius 3 is 2.35 bits per heavy atom. The molecule has 1 aliphatic heterocycles. The first-order valence-electron chi connectivity index (χ1n) is 15.0. The molecule has 3 aromatic heterocycles. The summed E-state index contributed by atoms with van der Waals surface area (Å²) in [5.74, 6) is -1.95. The second kappa shape index (κ2) is 12.4. The Bertz CT molecular complexity index is 2230. The summed E-state index contributed by atoms with van der Waals surface area (Å²) in [6, 6.07) is 15.1. The van der Waals surface area contributed by atoms with Crippen LogP contribution in [0.4, 0.5) is 15.9 Å². The maximum atomic E-state index is 13.6. The average Bonchev–Trinajstić information content (AvgIpc) is 3.46. The molecule has 2 aromatic carbocycles. The van der Waals surface area contributed by atoms with E-state index in [9.17, 15) is 23.6 Å². The summed E-state index contributed by atoms with van der Waals surface area (Å²) < 4.78 is 16.3. The van der Waals surface area contributed by atoms with Crippen LogP contribution >= 0.6 is 0 Å². The lowest BCUT2D eigenvalue weighted by Gasteiger charge is -2.22. The van der Waals surface area contributed by atoms with Gasteiger partial charge in [-0.15, -0.1) is 0 Å². The molecule has 48 heavy (non-hydrogen) atoms. The molecule has 0 atom stereocenters. The van der Waals surface area contributed by atoms with Gasteiger partial charge in [0.1, 0.15) is 28.9 Å². The van der Waals surface area contributed by atoms with Crippen molar-refractivity contribution in [2.75, 3.05) is 17.6 Å². The van der Waals surface area contributed by atoms with Crippen LogP contribution in [0.5, 0.6) is 0 Å². The van der Waals surface area contributed by atoms with Gasteiger partial charge in [-0.05, 0) is 78.2 Å². The summed E-state index contributed by atoms with van der Waals surface area (Å²) in [6.07, 6.45) is 6.94. The predicted octanol–water partition coefficient (Wildman–Crippen LogP) is 4.32. The van der Waals surface area contributed by atoms with Gasteiger partial charge in [0.2, 0.25) is 5.91 Å². The number of amides is 3. The highest BCUT2D eigenvalue weighted by Gasteiger charge is 2.23. The fourth-order valence-electron chi connectivity index (χ4n) is 5.65. The van der Waals surface area contributed by atoms with Crippen molar-refractivity contribution in [2.24, 2.45) is 11.7 Å². The van der Waals surface area contributed by atoms with Crippen LogP contribution in [0, 0.1) is 18.7 Å². The number of rotatable bonds is 7. The Morgan fingerprint density at radius 2 is 1.73 bits per heavy atom. The fourth-order valence-corrected chi connectivity index (χ4v) is 5.65. The lowest BCUT2D eigenvalue weighted by molar-refractivity contribution is -0.131. The lowest BCUT2D eigenvalue weighted by Crippen LogP contribution is -2.34. The number of halogens is 1. The van der Waals surface area contributed by atoms with E-state index < -0.39 is 23.2 Å². The quantitative estimate of drug-likeness (QED) is 0.236. The SMILES string of the molecule is Cc1cc(C(=O)Nc2ccc(-c3cc(C4=CCN(C(=O)C(C)C)C=C4)n4ncnc(N)c34)cc2)c(=O)n(-c2ccc(F)cc2)c1C(N)=O. The molecular formula is C35H31FN8O4. The Morgan fingerprint density at radius 1 is 1.02 bits per heavy atom. The van der Waals surface area contributed by atoms with Crippen molar-refractivity contribution in [3.8, 4) is 16.8 Å². The van der Waals surface area contributed by atoms with Gasteiger partial charge in [-0.3, -0.25) is 23.7 Å². The number of aryl methyl sites for hydroxylation is 1. The number of primary amides is 1. The van der Waals surface area contributed by atoms with Crippen molar-refractivity contribution in [3.05, 3.63) is 124 Å². The molecule has 242 valence electrons. The fraction of sp³-hybridized carbons (Fsp3) is 0.143. The number of aromatic nitrogens is 4.